The number of carbonyl (C=O) groups is 1. The number of primary amides is 1. The van der Waals surface area contributed by atoms with Gasteiger partial charge in [0, 0.05) is 18.0 Å². The Hall–Kier alpha value is -1.95. The van der Waals surface area contributed by atoms with Gasteiger partial charge in [-0.2, -0.15) is 10.1 Å². The minimum atomic E-state index is -0.538. The Morgan fingerprint density at radius 2 is 2.25 bits per heavy atom. The van der Waals surface area contributed by atoms with Crippen LogP contribution in [-0.4, -0.2) is 25.7 Å². The van der Waals surface area contributed by atoms with Crippen molar-refractivity contribution in [1.82, 2.24) is 19.7 Å². The third-order valence-corrected chi connectivity index (χ3v) is 2.18. The quantitative estimate of drug-likeness (QED) is 0.780. The first-order chi connectivity index (χ1) is 7.58. The van der Waals surface area contributed by atoms with Crippen LogP contribution in [0.3, 0.4) is 0 Å². The van der Waals surface area contributed by atoms with E-state index < -0.39 is 5.91 Å². The van der Waals surface area contributed by atoms with E-state index in [1.54, 1.807) is 6.20 Å². The van der Waals surface area contributed by atoms with Crippen molar-refractivity contribution in [2.24, 2.45) is 5.73 Å². The van der Waals surface area contributed by atoms with Crippen molar-refractivity contribution in [3.05, 3.63) is 35.0 Å². The molecule has 0 atom stereocenters. The zero-order chi connectivity index (χ0) is 11.7. The van der Waals surface area contributed by atoms with Gasteiger partial charge in [-0.25, -0.2) is 9.67 Å². The van der Waals surface area contributed by atoms with Gasteiger partial charge in [0.15, 0.2) is 5.82 Å². The van der Waals surface area contributed by atoms with Gasteiger partial charge in [0.05, 0.1) is 11.8 Å². The Morgan fingerprint density at radius 1 is 1.50 bits per heavy atom. The normalized spacial score (nSPS) is 10.4. The van der Waals surface area contributed by atoms with E-state index >= 15 is 0 Å². The van der Waals surface area contributed by atoms with E-state index in [-0.39, 0.29) is 5.28 Å². The highest BCUT2D eigenvalue weighted by molar-refractivity contribution is 6.28. The summed E-state index contributed by atoms with van der Waals surface area (Å²) in [7, 11) is 0. The van der Waals surface area contributed by atoms with E-state index in [4.69, 9.17) is 17.3 Å². The van der Waals surface area contributed by atoms with Gasteiger partial charge < -0.3 is 5.73 Å². The minimum Gasteiger partial charge on any atom is -0.366 e. The lowest BCUT2D eigenvalue weighted by Crippen LogP contribution is -2.09. The van der Waals surface area contributed by atoms with Crippen LogP contribution in [0.25, 0.3) is 5.82 Å². The topological polar surface area (TPSA) is 86.7 Å². The maximum Gasteiger partial charge on any atom is 0.251 e. The maximum absolute atomic E-state index is 10.9. The molecule has 0 unspecified atom stereocenters. The number of carbonyl (C=O) groups excluding carboxylic acids is 1. The van der Waals surface area contributed by atoms with Crippen LogP contribution < -0.4 is 5.73 Å². The first-order valence-corrected chi connectivity index (χ1v) is 4.79. The van der Waals surface area contributed by atoms with Crippen LogP contribution in [-0.2, 0) is 0 Å². The zero-order valence-corrected chi connectivity index (χ0v) is 9.14. The van der Waals surface area contributed by atoms with E-state index in [1.165, 1.54) is 17.1 Å². The summed E-state index contributed by atoms with van der Waals surface area (Å²) in [5.74, 6) is -0.0171. The van der Waals surface area contributed by atoms with Crippen LogP contribution in [0.2, 0.25) is 5.28 Å². The standard InChI is InChI=1S/C9H8ClN5O/c1-5-2-12-9(10)14-8(5)15-4-6(3-13-15)7(11)16/h2-4H,1H3,(H2,11,16). The van der Waals surface area contributed by atoms with Gasteiger partial charge in [0.25, 0.3) is 5.91 Å². The van der Waals surface area contributed by atoms with E-state index in [0.29, 0.717) is 11.4 Å². The largest absolute Gasteiger partial charge is 0.366 e. The van der Waals surface area contributed by atoms with Crippen LogP contribution in [0.4, 0.5) is 0 Å². The molecular formula is C9H8ClN5O. The number of nitrogens with two attached hydrogens (primary N) is 1. The SMILES string of the molecule is Cc1cnc(Cl)nc1-n1cc(C(N)=O)cn1. The molecule has 0 spiro atoms. The van der Waals surface area contributed by atoms with Gasteiger partial charge in [0.2, 0.25) is 5.28 Å². The van der Waals surface area contributed by atoms with E-state index in [0.717, 1.165) is 5.56 Å². The second-order valence-corrected chi connectivity index (χ2v) is 3.52. The molecule has 0 bridgehead atoms. The molecule has 0 aromatic carbocycles. The van der Waals surface area contributed by atoms with Crippen molar-refractivity contribution in [3.8, 4) is 5.82 Å². The van der Waals surface area contributed by atoms with E-state index in [2.05, 4.69) is 15.1 Å². The molecule has 2 aromatic rings. The van der Waals surface area contributed by atoms with Gasteiger partial charge in [-0.15, -0.1) is 0 Å². The summed E-state index contributed by atoms with van der Waals surface area (Å²) in [6.07, 6.45) is 4.45. The lowest BCUT2D eigenvalue weighted by Gasteiger charge is -2.03. The van der Waals surface area contributed by atoms with Gasteiger partial charge in [0.1, 0.15) is 0 Å². The molecule has 1 amide bonds. The highest BCUT2D eigenvalue weighted by atomic mass is 35.5. The first-order valence-electron chi connectivity index (χ1n) is 4.42. The molecule has 7 heteroatoms. The number of nitrogens with zero attached hydrogens (tertiary/aromatic N) is 4. The zero-order valence-electron chi connectivity index (χ0n) is 8.38. The van der Waals surface area contributed by atoms with Crippen LogP contribution in [0.1, 0.15) is 15.9 Å². The number of rotatable bonds is 2. The van der Waals surface area contributed by atoms with Crippen LogP contribution >= 0.6 is 11.6 Å². The Labute approximate surface area is 96.1 Å². The fourth-order valence-corrected chi connectivity index (χ4v) is 1.34. The molecule has 0 aliphatic carbocycles. The second kappa shape index (κ2) is 3.90. The number of hydrogen-bond acceptors (Lipinski definition) is 4. The third-order valence-electron chi connectivity index (χ3n) is 2.00. The maximum atomic E-state index is 10.9. The highest BCUT2D eigenvalue weighted by Gasteiger charge is 2.09. The molecule has 0 saturated heterocycles. The molecule has 0 radical (unpaired) electrons. The average molecular weight is 238 g/mol. The summed E-state index contributed by atoms with van der Waals surface area (Å²) >= 11 is 5.68. The molecule has 2 rings (SSSR count). The fraction of sp³-hybridized carbons (Fsp3) is 0.111. The number of aromatic nitrogens is 4. The molecule has 2 aromatic heterocycles. The minimum absolute atomic E-state index is 0.122. The lowest BCUT2D eigenvalue weighted by molar-refractivity contribution is 0.100. The van der Waals surface area contributed by atoms with Gasteiger partial charge in [-0.05, 0) is 18.5 Å². The monoisotopic (exact) mass is 237 g/mol. The van der Waals surface area contributed by atoms with Gasteiger partial charge in [-0.1, -0.05) is 0 Å². The Bertz CT molecular complexity index is 551. The van der Waals surface area contributed by atoms with Crippen molar-refractivity contribution in [2.45, 2.75) is 6.92 Å². The predicted octanol–water partition coefficient (Wildman–Crippen LogP) is 0.723. The fourth-order valence-electron chi connectivity index (χ4n) is 1.21. The van der Waals surface area contributed by atoms with Crippen molar-refractivity contribution in [1.29, 1.82) is 0 Å². The molecule has 0 aliphatic heterocycles. The van der Waals surface area contributed by atoms with Gasteiger partial charge in [-0.3, -0.25) is 4.79 Å². The molecule has 6 nitrogen and oxygen atoms in total. The van der Waals surface area contributed by atoms with Crippen molar-refractivity contribution >= 4 is 17.5 Å². The highest BCUT2D eigenvalue weighted by Crippen LogP contribution is 2.12. The molecule has 16 heavy (non-hydrogen) atoms. The Morgan fingerprint density at radius 3 is 2.88 bits per heavy atom. The number of amides is 1. The van der Waals surface area contributed by atoms with Crippen LogP contribution in [0.5, 0.6) is 0 Å². The van der Waals surface area contributed by atoms with Crippen molar-refractivity contribution < 1.29 is 4.79 Å². The summed E-state index contributed by atoms with van der Waals surface area (Å²) in [6, 6.07) is 0. The number of halogens is 1. The molecule has 82 valence electrons. The predicted molar refractivity (Wildman–Crippen MR) is 57.4 cm³/mol. The Balaban J connectivity index is 2.50. The summed E-state index contributed by atoms with van der Waals surface area (Å²) in [4.78, 5) is 18.8. The van der Waals surface area contributed by atoms with Crippen LogP contribution in [0, 0.1) is 6.92 Å². The van der Waals surface area contributed by atoms with Crippen LogP contribution in [0.15, 0.2) is 18.6 Å². The molecule has 0 saturated carbocycles. The van der Waals surface area contributed by atoms with Crippen molar-refractivity contribution in [2.75, 3.05) is 0 Å². The molecule has 0 fully saturated rings. The summed E-state index contributed by atoms with van der Waals surface area (Å²) in [5.41, 5.74) is 6.23. The molecular weight excluding hydrogens is 230 g/mol. The number of hydrogen-bond donors (Lipinski definition) is 1. The number of aryl methyl sites for hydroxylation is 1. The third kappa shape index (κ3) is 1.87. The van der Waals surface area contributed by atoms with Gasteiger partial charge >= 0.3 is 0 Å². The first kappa shape index (κ1) is 10.6. The van der Waals surface area contributed by atoms with E-state index in [1.807, 2.05) is 6.92 Å². The summed E-state index contributed by atoms with van der Waals surface area (Å²) in [5, 5.41) is 4.10. The molecule has 2 heterocycles. The molecule has 2 N–H and O–H groups in total. The van der Waals surface area contributed by atoms with Crippen molar-refractivity contribution in [3.63, 3.8) is 0 Å². The average Bonchev–Trinajstić information content (AvgIpc) is 2.70. The molecule has 0 aliphatic rings. The smallest absolute Gasteiger partial charge is 0.251 e. The Kier molecular flexibility index (Phi) is 2.57. The lowest BCUT2D eigenvalue weighted by atomic mass is 10.3. The summed E-state index contributed by atoms with van der Waals surface area (Å²) in [6.45, 7) is 1.82. The van der Waals surface area contributed by atoms with E-state index in [9.17, 15) is 4.79 Å². The second-order valence-electron chi connectivity index (χ2n) is 3.18. The summed E-state index contributed by atoms with van der Waals surface area (Å²) < 4.78 is 1.43.